The lowest BCUT2D eigenvalue weighted by Crippen LogP contribution is -2.13. The largest absolute Gasteiger partial charge is 0.426 e. The molecular weight excluding hydrogens is 419 g/mol. The second-order valence-corrected chi connectivity index (χ2v) is 7.97. The number of rotatable bonds is 4. The number of nitrogens with zero attached hydrogens (tertiary/aromatic N) is 1. The summed E-state index contributed by atoms with van der Waals surface area (Å²) in [6.45, 7) is 0. The van der Waals surface area contributed by atoms with Crippen molar-refractivity contribution < 1.29 is 26.3 Å². The van der Waals surface area contributed by atoms with Crippen molar-refractivity contribution in [1.29, 1.82) is 0 Å². The van der Waals surface area contributed by atoms with Crippen LogP contribution in [-0.4, -0.2) is 18.4 Å². The highest BCUT2D eigenvalue weighted by molar-refractivity contribution is 7.89. The fraction of sp³-hybridized carbons (Fsp3) is 0.0500. The predicted molar refractivity (Wildman–Crippen MR) is 104 cm³/mol. The molecule has 0 saturated carbocycles. The van der Waals surface area contributed by atoms with Gasteiger partial charge in [-0.3, -0.25) is 0 Å². The van der Waals surface area contributed by atoms with Crippen LogP contribution in [0.3, 0.4) is 0 Å². The molecule has 3 N–H and O–H groups in total. The maximum absolute atomic E-state index is 12.9. The monoisotopic (exact) mass is 433 g/mol. The zero-order valence-electron chi connectivity index (χ0n) is 15.1. The standard InChI is InChI=1S/C20H14F3N3O3S/c21-20(22,23)13-4-3-5-14(11-13)29-19-25-16-9-8-12(10-17(16)26-19)15-6-1-2-7-18(15)30(24,27)28/h1-11H,(H,25,26)(H2,24,27,28). The van der Waals surface area contributed by atoms with E-state index in [9.17, 15) is 21.6 Å². The molecule has 0 spiro atoms. The second-order valence-electron chi connectivity index (χ2n) is 6.44. The van der Waals surface area contributed by atoms with E-state index >= 15 is 0 Å². The van der Waals surface area contributed by atoms with Crippen LogP contribution in [-0.2, 0) is 16.2 Å². The Morgan fingerprint density at radius 3 is 2.47 bits per heavy atom. The normalized spacial score (nSPS) is 12.3. The van der Waals surface area contributed by atoms with Gasteiger partial charge >= 0.3 is 6.18 Å². The smallest absolute Gasteiger partial charge is 0.416 e. The number of sulfonamides is 1. The molecule has 0 fully saturated rings. The summed E-state index contributed by atoms with van der Waals surface area (Å²) < 4.78 is 67.7. The summed E-state index contributed by atoms with van der Waals surface area (Å²) in [4.78, 5) is 7.08. The molecule has 0 aliphatic rings. The molecule has 6 nitrogen and oxygen atoms in total. The summed E-state index contributed by atoms with van der Waals surface area (Å²) in [7, 11) is -3.93. The molecule has 0 amide bonds. The van der Waals surface area contributed by atoms with Gasteiger partial charge in [0.1, 0.15) is 5.75 Å². The molecule has 1 aromatic heterocycles. The Bertz CT molecular complexity index is 1350. The molecule has 4 aromatic rings. The average molecular weight is 433 g/mol. The first-order valence-corrected chi connectivity index (χ1v) is 10.1. The highest BCUT2D eigenvalue weighted by atomic mass is 32.2. The third-order valence-corrected chi connectivity index (χ3v) is 5.31. The number of hydrogen-bond acceptors (Lipinski definition) is 4. The summed E-state index contributed by atoms with van der Waals surface area (Å²) in [5.74, 6) is -0.0244. The van der Waals surface area contributed by atoms with E-state index in [4.69, 9.17) is 9.88 Å². The highest BCUT2D eigenvalue weighted by Gasteiger charge is 2.30. The minimum Gasteiger partial charge on any atom is -0.426 e. The third-order valence-electron chi connectivity index (χ3n) is 4.34. The van der Waals surface area contributed by atoms with Gasteiger partial charge in [0, 0.05) is 5.56 Å². The first kappa shape index (κ1) is 19.9. The van der Waals surface area contributed by atoms with Crippen molar-refractivity contribution in [3.05, 3.63) is 72.3 Å². The number of ether oxygens (including phenoxy) is 1. The van der Waals surface area contributed by atoms with Crippen LogP contribution in [0, 0.1) is 0 Å². The number of aromatic nitrogens is 2. The van der Waals surface area contributed by atoms with Gasteiger partial charge in [0.2, 0.25) is 10.0 Å². The Kier molecular flexibility index (Phi) is 4.75. The van der Waals surface area contributed by atoms with Crippen molar-refractivity contribution in [3.63, 3.8) is 0 Å². The van der Waals surface area contributed by atoms with Gasteiger partial charge in [0.25, 0.3) is 6.01 Å². The SMILES string of the molecule is NS(=O)(=O)c1ccccc1-c1ccc2[nH]c(Oc3cccc(C(F)(F)F)c3)nc2c1. The van der Waals surface area contributed by atoms with Gasteiger partial charge in [0.05, 0.1) is 21.5 Å². The van der Waals surface area contributed by atoms with Crippen LogP contribution in [0.1, 0.15) is 5.56 Å². The zero-order valence-corrected chi connectivity index (χ0v) is 16.0. The summed E-state index contributed by atoms with van der Waals surface area (Å²) >= 11 is 0. The Labute approximate surface area is 169 Å². The molecule has 0 unspecified atom stereocenters. The van der Waals surface area contributed by atoms with Crippen LogP contribution in [0.5, 0.6) is 11.8 Å². The molecule has 0 aliphatic carbocycles. The molecule has 0 radical (unpaired) electrons. The Hall–Kier alpha value is -3.37. The van der Waals surface area contributed by atoms with E-state index in [0.29, 0.717) is 22.2 Å². The zero-order chi connectivity index (χ0) is 21.5. The van der Waals surface area contributed by atoms with Crippen LogP contribution in [0.15, 0.2) is 71.6 Å². The van der Waals surface area contributed by atoms with Crippen LogP contribution in [0.2, 0.25) is 0 Å². The first-order chi connectivity index (χ1) is 14.1. The predicted octanol–water partition coefficient (Wildman–Crippen LogP) is 4.69. The Morgan fingerprint density at radius 2 is 1.73 bits per heavy atom. The lowest BCUT2D eigenvalue weighted by Gasteiger charge is -2.08. The van der Waals surface area contributed by atoms with E-state index in [1.165, 1.54) is 18.2 Å². The number of H-pyrrole nitrogens is 1. The van der Waals surface area contributed by atoms with Crippen molar-refractivity contribution in [2.45, 2.75) is 11.1 Å². The molecule has 30 heavy (non-hydrogen) atoms. The van der Waals surface area contributed by atoms with E-state index in [0.717, 1.165) is 12.1 Å². The number of alkyl halides is 3. The molecule has 154 valence electrons. The number of aromatic amines is 1. The molecular formula is C20H14F3N3O3S. The summed E-state index contributed by atoms with van der Waals surface area (Å²) in [6.07, 6.45) is -4.49. The molecule has 0 atom stereocenters. The van der Waals surface area contributed by atoms with E-state index in [1.807, 2.05) is 0 Å². The van der Waals surface area contributed by atoms with Crippen LogP contribution in [0.4, 0.5) is 13.2 Å². The van der Waals surface area contributed by atoms with Crippen molar-refractivity contribution in [2.24, 2.45) is 5.14 Å². The van der Waals surface area contributed by atoms with Crippen LogP contribution < -0.4 is 9.88 Å². The molecule has 0 aliphatic heterocycles. The van der Waals surface area contributed by atoms with Gasteiger partial charge in [0.15, 0.2) is 0 Å². The molecule has 3 aromatic carbocycles. The molecule has 0 bridgehead atoms. The van der Waals surface area contributed by atoms with Gasteiger partial charge < -0.3 is 9.72 Å². The molecule has 10 heteroatoms. The van der Waals surface area contributed by atoms with Crippen LogP contribution >= 0.6 is 0 Å². The maximum atomic E-state index is 12.9. The number of benzene rings is 3. The number of primary sulfonamides is 1. The van der Waals surface area contributed by atoms with E-state index < -0.39 is 21.8 Å². The van der Waals surface area contributed by atoms with Crippen molar-refractivity contribution in [2.75, 3.05) is 0 Å². The number of nitrogens with one attached hydrogen (secondary N) is 1. The molecule has 4 rings (SSSR count). The lowest BCUT2D eigenvalue weighted by molar-refractivity contribution is -0.137. The number of imidazole rings is 1. The van der Waals surface area contributed by atoms with Crippen molar-refractivity contribution in [1.82, 2.24) is 9.97 Å². The Morgan fingerprint density at radius 1 is 0.967 bits per heavy atom. The van der Waals surface area contributed by atoms with Gasteiger partial charge in [-0.05, 0) is 42.0 Å². The van der Waals surface area contributed by atoms with Crippen LogP contribution in [0.25, 0.3) is 22.2 Å². The van der Waals surface area contributed by atoms with Gasteiger partial charge in [-0.1, -0.05) is 30.3 Å². The molecule has 0 saturated heterocycles. The van der Waals surface area contributed by atoms with E-state index in [2.05, 4.69) is 9.97 Å². The lowest BCUT2D eigenvalue weighted by atomic mass is 10.1. The fourth-order valence-electron chi connectivity index (χ4n) is 3.00. The minimum absolute atomic E-state index is 0.00112. The average Bonchev–Trinajstić information content (AvgIpc) is 3.08. The topological polar surface area (TPSA) is 98.1 Å². The molecule has 1 heterocycles. The number of nitrogens with two attached hydrogens (primary N) is 1. The minimum atomic E-state index is -4.49. The number of fused-ring (bicyclic) bond motifs is 1. The Balaban J connectivity index is 1.70. The van der Waals surface area contributed by atoms with E-state index in [-0.39, 0.29) is 16.7 Å². The quantitative estimate of drug-likeness (QED) is 0.488. The number of halogens is 3. The second kappa shape index (κ2) is 7.15. The summed E-state index contributed by atoms with van der Waals surface area (Å²) in [6, 6.07) is 15.7. The van der Waals surface area contributed by atoms with Gasteiger partial charge in [-0.15, -0.1) is 0 Å². The first-order valence-electron chi connectivity index (χ1n) is 8.58. The summed E-state index contributed by atoms with van der Waals surface area (Å²) in [5.41, 5.74) is 1.14. The maximum Gasteiger partial charge on any atom is 0.416 e. The fourth-order valence-corrected chi connectivity index (χ4v) is 3.76. The third kappa shape index (κ3) is 4.00. The van der Waals surface area contributed by atoms with E-state index in [1.54, 1.807) is 36.4 Å². The highest BCUT2D eigenvalue weighted by Crippen LogP contribution is 2.33. The summed E-state index contributed by atoms with van der Waals surface area (Å²) in [5, 5.41) is 5.29. The van der Waals surface area contributed by atoms with Gasteiger partial charge in [-0.2, -0.15) is 18.2 Å². The van der Waals surface area contributed by atoms with Gasteiger partial charge in [-0.25, -0.2) is 13.6 Å². The van der Waals surface area contributed by atoms with Crippen molar-refractivity contribution in [3.8, 4) is 22.9 Å². The van der Waals surface area contributed by atoms with Crippen molar-refractivity contribution >= 4 is 21.1 Å². The number of hydrogen-bond donors (Lipinski definition) is 2.